The molecule has 0 spiro atoms. The lowest BCUT2D eigenvalue weighted by Crippen LogP contribution is -2.53. The number of hydrogen-bond donors (Lipinski definition) is 0. The van der Waals surface area contributed by atoms with Gasteiger partial charge in [-0.3, -0.25) is 4.79 Å². The summed E-state index contributed by atoms with van der Waals surface area (Å²) in [6, 6.07) is 0.441. The highest BCUT2D eigenvalue weighted by atomic mass is 35.5. The second kappa shape index (κ2) is 6.36. The number of morpholine rings is 1. The minimum Gasteiger partial charge on any atom is -0.467 e. The number of ether oxygens (including phenoxy) is 2. The zero-order chi connectivity index (χ0) is 15.6. The molecule has 0 aromatic heterocycles. The van der Waals surface area contributed by atoms with Crippen molar-refractivity contribution >= 4 is 23.5 Å². The number of benzene rings is 1. The smallest absolute Gasteiger partial charge is 0.331 e. The number of carbonyl (C=O) groups is 2. The summed E-state index contributed by atoms with van der Waals surface area (Å²) in [7, 11) is 1.17. The minimum atomic E-state index is -0.991. The highest BCUT2D eigenvalue weighted by Crippen LogP contribution is 2.22. The lowest BCUT2D eigenvalue weighted by atomic mass is 10.1. The number of methoxy groups -OCH3 is 1. The number of carbonyl (C=O) groups excluding carboxylic acids is 2. The summed E-state index contributed by atoms with van der Waals surface area (Å²) in [6.45, 7) is 0.204. The molecule has 1 unspecified atom stereocenters. The summed E-state index contributed by atoms with van der Waals surface area (Å²) < 4.78 is 36.9. The Balaban J connectivity index is 2.33. The molecule has 0 saturated carbocycles. The topological polar surface area (TPSA) is 55.8 Å². The molecule has 0 N–H and O–H groups in total. The Morgan fingerprint density at radius 2 is 2.10 bits per heavy atom. The number of hydrogen-bond acceptors (Lipinski definition) is 4. The second-order valence-corrected chi connectivity index (χ2v) is 4.77. The highest BCUT2D eigenvalue weighted by molar-refractivity contribution is 6.30. The fourth-order valence-corrected chi connectivity index (χ4v) is 2.17. The molecule has 1 aromatic carbocycles. The summed E-state index contributed by atoms with van der Waals surface area (Å²) in [5.74, 6) is -3.37. The first-order chi connectivity index (χ1) is 9.95. The molecule has 1 aromatic rings. The Bertz CT molecular complexity index is 582. The van der Waals surface area contributed by atoms with Crippen LogP contribution in [0.15, 0.2) is 12.1 Å². The van der Waals surface area contributed by atoms with Crippen molar-refractivity contribution in [3.8, 4) is 0 Å². The normalized spacial score (nSPS) is 18.5. The fourth-order valence-electron chi connectivity index (χ4n) is 2.02. The minimum absolute atomic E-state index is 0.0594. The number of rotatable bonds is 2. The third-order valence-electron chi connectivity index (χ3n) is 3.10. The van der Waals surface area contributed by atoms with Gasteiger partial charge < -0.3 is 14.4 Å². The molecule has 5 nitrogen and oxygen atoms in total. The Hall–Kier alpha value is -1.73. The van der Waals surface area contributed by atoms with E-state index in [1.54, 1.807) is 0 Å². The van der Waals surface area contributed by atoms with Gasteiger partial charge in [0.2, 0.25) is 0 Å². The van der Waals surface area contributed by atoms with Crippen molar-refractivity contribution in [3.05, 3.63) is 34.4 Å². The molecule has 0 bridgehead atoms. The predicted octanol–water partition coefficient (Wildman–Crippen LogP) is 1.63. The maximum atomic E-state index is 13.8. The summed E-state index contributed by atoms with van der Waals surface area (Å²) >= 11 is 5.44. The average Bonchev–Trinajstić information content (AvgIpc) is 2.49. The van der Waals surface area contributed by atoms with E-state index in [0.717, 1.165) is 11.0 Å². The first-order valence-electron chi connectivity index (χ1n) is 6.06. The molecule has 0 radical (unpaired) electrons. The van der Waals surface area contributed by atoms with E-state index in [9.17, 15) is 18.4 Å². The molecular weight excluding hydrogens is 308 g/mol. The Morgan fingerprint density at radius 1 is 1.38 bits per heavy atom. The van der Waals surface area contributed by atoms with Crippen LogP contribution in [0.5, 0.6) is 0 Å². The van der Waals surface area contributed by atoms with Gasteiger partial charge in [-0.25, -0.2) is 13.6 Å². The molecule has 1 atom stereocenters. The Labute approximate surface area is 124 Å². The lowest BCUT2D eigenvalue weighted by Gasteiger charge is -2.33. The van der Waals surface area contributed by atoms with E-state index < -0.39 is 40.1 Å². The van der Waals surface area contributed by atoms with Crippen molar-refractivity contribution < 1.29 is 27.8 Å². The molecule has 1 aliphatic heterocycles. The molecular formula is C13H12ClF2NO4. The molecule has 8 heteroatoms. The Kier molecular flexibility index (Phi) is 4.74. The van der Waals surface area contributed by atoms with Crippen molar-refractivity contribution in [2.24, 2.45) is 0 Å². The van der Waals surface area contributed by atoms with E-state index in [1.165, 1.54) is 7.11 Å². The van der Waals surface area contributed by atoms with Gasteiger partial charge in [-0.1, -0.05) is 11.6 Å². The zero-order valence-electron chi connectivity index (χ0n) is 11.1. The largest absolute Gasteiger partial charge is 0.467 e. The third kappa shape index (κ3) is 3.14. The number of esters is 1. The van der Waals surface area contributed by atoms with Gasteiger partial charge in [-0.05, 0) is 12.1 Å². The van der Waals surface area contributed by atoms with E-state index in [4.69, 9.17) is 16.3 Å². The summed E-state index contributed by atoms with van der Waals surface area (Å²) in [4.78, 5) is 25.1. The SMILES string of the molecule is COC(=O)C1COCCN1C(=O)c1cc(F)c(Cl)cc1F. The molecule has 1 fully saturated rings. The first kappa shape index (κ1) is 15.7. The monoisotopic (exact) mass is 319 g/mol. The van der Waals surface area contributed by atoms with E-state index in [-0.39, 0.29) is 19.8 Å². The van der Waals surface area contributed by atoms with Crippen molar-refractivity contribution in [2.75, 3.05) is 26.9 Å². The number of amides is 1. The van der Waals surface area contributed by atoms with Gasteiger partial charge in [0.05, 0.1) is 30.9 Å². The van der Waals surface area contributed by atoms with Gasteiger partial charge in [-0.15, -0.1) is 0 Å². The highest BCUT2D eigenvalue weighted by Gasteiger charge is 2.35. The number of nitrogens with zero attached hydrogens (tertiary/aromatic N) is 1. The fraction of sp³-hybridized carbons (Fsp3) is 0.385. The van der Waals surface area contributed by atoms with Crippen LogP contribution in [0.4, 0.5) is 8.78 Å². The van der Waals surface area contributed by atoms with E-state index >= 15 is 0 Å². The second-order valence-electron chi connectivity index (χ2n) is 4.36. The van der Waals surface area contributed by atoms with Crippen LogP contribution in [0.1, 0.15) is 10.4 Å². The first-order valence-corrected chi connectivity index (χ1v) is 6.44. The molecule has 114 valence electrons. The van der Waals surface area contributed by atoms with Crippen LogP contribution in [0.25, 0.3) is 0 Å². The maximum absolute atomic E-state index is 13.8. The lowest BCUT2D eigenvalue weighted by molar-refractivity contribution is -0.151. The molecule has 21 heavy (non-hydrogen) atoms. The van der Waals surface area contributed by atoms with Gasteiger partial charge in [0, 0.05) is 6.54 Å². The third-order valence-corrected chi connectivity index (χ3v) is 3.39. The predicted molar refractivity (Wildman–Crippen MR) is 69.0 cm³/mol. The van der Waals surface area contributed by atoms with Crippen molar-refractivity contribution in [3.63, 3.8) is 0 Å². The van der Waals surface area contributed by atoms with Gasteiger partial charge in [0.15, 0.2) is 6.04 Å². The van der Waals surface area contributed by atoms with Crippen LogP contribution in [0.2, 0.25) is 5.02 Å². The van der Waals surface area contributed by atoms with Gasteiger partial charge >= 0.3 is 5.97 Å². The van der Waals surface area contributed by atoms with Gasteiger partial charge in [0.1, 0.15) is 11.6 Å². The molecule has 0 aliphatic carbocycles. The van der Waals surface area contributed by atoms with Crippen LogP contribution >= 0.6 is 11.6 Å². The quantitative estimate of drug-likeness (QED) is 0.614. The van der Waals surface area contributed by atoms with E-state index in [0.29, 0.717) is 6.07 Å². The van der Waals surface area contributed by atoms with Crippen molar-refractivity contribution in [1.29, 1.82) is 0 Å². The number of halogens is 3. The molecule has 1 aliphatic rings. The molecule has 2 rings (SSSR count). The maximum Gasteiger partial charge on any atom is 0.331 e. The standard InChI is InChI=1S/C13H12ClF2NO4/c1-20-13(19)11-6-21-3-2-17(11)12(18)7-4-10(16)8(14)5-9(7)15/h4-5,11H,2-3,6H2,1H3. The van der Waals surface area contributed by atoms with Crippen LogP contribution in [0, 0.1) is 11.6 Å². The van der Waals surface area contributed by atoms with Gasteiger partial charge in [0.25, 0.3) is 5.91 Å². The van der Waals surface area contributed by atoms with Crippen LogP contribution in [-0.2, 0) is 14.3 Å². The summed E-state index contributed by atoms with van der Waals surface area (Å²) in [5.41, 5.74) is -0.493. The van der Waals surface area contributed by atoms with Crippen LogP contribution in [0.3, 0.4) is 0 Å². The molecule has 1 amide bonds. The van der Waals surface area contributed by atoms with Crippen LogP contribution in [-0.4, -0.2) is 49.7 Å². The van der Waals surface area contributed by atoms with E-state index in [2.05, 4.69) is 4.74 Å². The van der Waals surface area contributed by atoms with Crippen LogP contribution < -0.4 is 0 Å². The van der Waals surface area contributed by atoms with E-state index in [1.807, 2.05) is 0 Å². The zero-order valence-corrected chi connectivity index (χ0v) is 11.8. The Morgan fingerprint density at radius 3 is 2.76 bits per heavy atom. The summed E-state index contributed by atoms with van der Waals surface area (Å²) in [6.07, 6.45) is 0. The molecule has 1 saturated heterocycles. The van der Waals surface area contributed by atoms with Crippen molar-refractivity contribution in [2.45, 2.75) is 6.04 Å². The average molecular weight is 320 g/mol. The van der Waals surface area contributed by atoms with Crippen molar-refractivity contribution in [1.82, 2.24) is 4.90 Å². The summed E-state index contributed by atoms with van der Waals surface area (Å²) in [5, 5.41) is -0.421. The van der Waals surface area contributed by atoms with Gasteiger partial charge in [-0.2, -0.15) is 0 Å². The molecule has 1 heterocycles.